The molecule has 0 aromatic carbocycles. The molecule has 0 rings (SSSR count). The fraction of sp³-hybridized carbons (Fsp3) is 1.00. The van der Waals surface area contributed by atoms with Crippen LogP contribution in [0.3, 0.4) is 0 Å². The second-order valence-electron chi connectivity index (χ2n) is 4.08. The van der Waals surface area contributed by atoms with Crippen LogP contribution in [-0.4, -0.2) is 40.6 Å². The molecule has 0 aliphatic rings. The second kappa shape index (κ2) is 9.29. The van der Waals surface area contributed by atoms with E-state index in [1.807, 2.05) is 13.8 Å². The molecule has 0 unspecified atom stereocenters. The zero-order valence-corrected chi connectivity index (χ0v) is 12.2. The molecule has 15 heavy (non-hydrogen) atoms. The quantitative estimate of drug-likeness (QED) is 0.739. The molecule has 0 spiro atoms. The van der Waals surface area contributed by atoms with Gasteiger partial charge in [0.1, 0.15) is 0 Å². The van der Waals surface area contributed by atoms with Gasteiger partial charge < -0.3 is 18.4 Å². The Morgan fingerprint density at radius 1 is 1.20 bits per heavy atom. The average molecular weight is 238 g/mol. The van der Waals surface area contributed by atoms with E-state index in [-0.39, 0.29) is 11.7 Å². The van der Waals surface area contributed by atoms with Crippen molar-refractivity contribution in [1.82, 2.24) is 0 Å². The third kappa shape index (κ3) is 14.1. The molecule has 0 amide bonds. The minimum Gasteiger partial charge on any atom is -0.394 e. The Labute approximate surface area is 95.5 Å². The van der Waals surface area contributed by atoms with Gasteiger partial charge in [0.15, 0.2) is 0 Å². The van der Waals surface area contributed by atoms with Crippen LogP contribution in [0, 0.1) is 0 Å². The predicted molar refractivity (Wildman–Crippen MR) is 64.0 cm³/mol. The van der Waals surface area contributed by atoms with E-state index in [1.54, 1.807) is 28.1 Å². The summed E-state index contributed by atoms with van der Waals surface area (Å²) in [6.07, 6.45) is 0.795. The van der Waals surface area contributed by atoms with Crippen molar-refractivity contribution in [2.24, 2.45) is 0 Å². The van der Waals surface area contributed by atoms with Gasteiger partial charge >= 0.3 is 9.53 Å². The van der Waals surface area contributed by atoms with Crippen LogP contribution in [0.1, 0.15) is 41.0 Å². The van der Waals surface area contributed by atoms with Gasteiger partial charge in [0.25, 0.3) is 0 Å². The molecular weight excluding hydrogens is 212 g/mol. The maximum Gasteiger partial charge on any atom is 0.484 e. The molecule has 0 atom stereocenters. The van der Waals surface area contributed by atoms with Crippen LogP contribution in [0.2, 0.25) is 0 Å². The molecule has 1 N–H and O–H groups in total. The lowest BCUT2D eigenvalue weighted by Gasteiger charge is -2.26. The van der Waals surface area contributed by atoms with E-state index in [2.05, 4.69) is 6.92 Å². The molecule has 0 aliphatic carbocycles. The van der Waals surface area contributed by atoms with Crippen LogP contribution in [-0.2, 0) is 13.3 Å². The van der Waals surface area contributed by atoms with Crippen LogP contribution in [0.15, 0.2) is 0 Å². The minimum absolute atomic E-state index is 0.122. The number of hydrogen-bond acceptors (Lipinski definition) is 4. The third-order valence-corrected chi connectivity index (χ3v) is 3.25. The van der Waals surface area contributed by atoms with E-state index in [4.69, 9.17) is 18.4 Å². The molecule has 94 valence electrons. The summed E-state index contributed by atoms with van der Waals surface area (Å²) in [4.78, 5) is 0. The molecular formula is C10H26O4Si. The zero-order chi connectivity index (χ0) is 12.5. The molecule has 0 heterocycles. The van der Waals surface area contributed by atoms with Crippen LogP contribution in [0.5, 0.6) is 0 Å². The molecule has 0 aromatic rings. The first-order valence-corrected chi connectivity index (χ1v) is 6.62. The maximum atomic E-state index is 8.06. The van der Waals surface area contributed by atoms with Gasteiger partial charge in [-0.05, 0) is 34.1 Å². The van der Waals surface area contributed by atoms with E-state index in [9.17, 15) is 0 Å². The molecule has 0 saturated heterocycles. The van der Waals surface area contributed by atoms with Crippen molar-refractivity contribution in [1.29, 1.82) is 0 Å². The monoisotopic (exact) mass is 238 g/mol. The first-order chi connectivity index (χ1) is 6.79. The summed E-state index contributed by atoms with van der Waals surface area (Å²) in [7, 11) is 1.40. The Bertz CT molecular complexity index is 133. The first kappa shape index (κ1) is 17.5. The van der Waals surface area contributed by atoms with Gasteiger partial charge in [-0.2, -0.15) is 0 Å². The highest BCUT2D eigenvalue weighted by Crippen LogP contribution is 2.14. The summed E-state index contributed by atoms with van der Waals surface area (Å²) in [6.45, 7) is 9.59. The standard InChI is InChI=1S/C7H18O3Si.C3H8O/c1-6-7(2,3)10-11(8-4)9-5;1-3(2)4/h11H,6H2,1-5H3;3-4H,1-2H3. The Morgan fingerprint density at radius 3 is 1.73 bits per heavy atom. The van der Waals surface area contributed by atoms with Gasteiger partial charge in [0.2, 0.25) is 0 Å². The van der Waals surface area contributed by atoms with Gasteiger partial charge in [-0.15, -0.1) is 0 Å². The molecule has 0 fully saturated rings. The summed E-state index contributed by atoms with van der Waals surface area (Å²) in [5.41, 5.74) is -0.122. The van der Waals surface area contributed by atoms with Gasteiger partial charge in [0, 0.05) is 20.3 Å². The molecule has 0 radical (unpaired) electrons. The predicted octanol–water partition coefficient (Wildman–Crippen LogP) is 1.59. The molecule has 5 heteroatoms. The van der Waals surface area contributed by atoms with Gasteiger partial charge in [0.05, 0.1) is 5.60 Å². The Hall–Kier alpha value is 0.0569. The van der Waals surface area contributed by atoms with Crippen molar-refractivity contribution in [3.8, 4) is 0 Å². The zero-order valence-electron chi connectivity index (χ0n) is 11.0. The minimum atomic E-state index is -1.83. The molecule has 0 aromatic heterocycles. The van der Waals surface area contributed by atoms with Crippen molar-refractivity contribution in [3.05, 3.63) is 0 Å². The van der Waals surface area contributed by atoms with E-state index in [0.29, 0.717) is 0 Å². The summed E-state index contributed by atoms with van der Waals surface area (Å²) < 4.78 is 15.6. The van der Waals surface area contributed by atoms with Crippen LogP contribution in [0.4, 0.5) is 0 Å². The Kier molecular flexibility index (Phi) is 10.8. The van der Waals surface area contributed by atoms with Crippen LogP contribution in [0.25, 0.3) is 0 Å². The molecule has 0 aliphatic heterocycles. The topological polar surface area (TPSA) is 47.9 Å². The number of hydrogen-bond donors (Lipinski definition) is 1. The number of aliphatic hydroxyl groups excluding tert-OH is 1. The Balaban J connectivity index is 0. The summed E-state index contributed by atoms with van der Waals surface area (Å²) in [6, 6.07) is 0. The highest BCUT2D eigenvalue weighted by atomic mass is 28.3. The molecule has 0 saturated carbocycles. The SMILES string of the molecule is CC(C)O.CCC(C)(C)O[SiH](OC)OC. The van der Waals surface area contributed by atoms with Crippen molar-refractivity contribution in [2.75, 3.05) is 14.2 Å². The molecule has 4 nitrogen and oxygen atoms in total. The fourth-order valence-electron chi connectivity index (χ4n) is 0.536. The van der Waals surface area contributed by atoms with Crippen molar-refractivity contribution >= 4 is 9.53 Å². The van der Waals surface area contributed by atoms with Gasteiger partial charge in [-0.1, -0.05) is 6.92 Å². The lowest BCUT2D eigenvalue weighted by molar-refractivity contribution is 0.0276. The van der Waals surface area contributed by atoms with Crippen molar-refractivity contribution in [3.63, 3.8) is 0 Å². The van der Waals surface area contributed by atoms with Crippen LogP contribution >= 0.6 is 0 Å². The number of rotatable bonds is 5. The Morgan fingerprint density at radius 2 is 1.53 bits per heavy atom. The van der Waals surface area contributed by atoms with Crippen LogP contribution < -0.4 is 0 Å². The van der Waals surface area contributed by atoms with E-state index in [1.165, 1.54) is 0 Å². The lowest BCUT2D eigenvalue weighted by atomic mass is 10.1. The third-order valence-electron chi connectivity index (χ3n) is 1.65. The second-order valence-corrected chi connectivity index (χ2v) is 5.84. The largest absolute Gasteiger partial charge is 0.484 e. The average Bonchev–Trinajstić information content (AvgIpc) is 2.13. The van der Waals surface area contributed by atoms with Gasteiger partial charge in [-0.3, -0.25) is 0 Å². The highest BCUT2D eigenvalue weighted by molar-refractivity contribution is 6.36. The van der Waals surface area contributed by atoms with Crippen molar-refractivity contribution < 1.29 is 18.4 Å². The first-order valence-electron chi connectivity index (χ1n) is 5.20. The smallest absolute Gasteiger partial charge is 0.394 e. The fourth-order valence-corrected chi connectivity index (χ4v) is 1.61. The summed E-state index contributed by atoms with van der Waals surface area (Å²) in [5.74, 6) is 0. The molecule has 0 bridgehead atoms. The highest BCUT2D eigenvalue weighted by Gasteiger charge is 2.23. The number of aliphatic hydroxyl groups is 1. The van der Waals surface area contributed by atoms with E-state index in [0.717, 1.165) is 6.42 Å². The van der Waals surface area contributed by atoms with Gasteiger partial charge in [-0.25, -0.2) is 0 Å². The van der Waals surface area contributed by atoms with E-state index < -0.39 is 9.53 Å². The van der Waals surface area contributed by atoms with E-state index >= 15 is 0 Å². The normalized spacial score (nSPS) is 11.6. The summed E-state index contributed by atoms with van der Waals surface area (Å²) >= 11 is 0. The summed E-state index contributed by atoms with van der Waals surface area (Å²) in [5, 5.41) is 8.06. The van der Waals surface area contributed by atoms with Crippen molar-refractivity contribution in [2.45, 2.75) is 52.7 Å². The lowest BCUT2D eigenvalue weighted by Crippen LogP contribution is -2.35. The maximum absolute atomic E-state index is 8.06.